The maximum atomic E-state index is 14.5. The fourth-order valence-electron chi connectivity index (χ4n) is 4.21. The summed E-state index contributed by atoms with van der Waals surface area (Å²) in [7, 11) is 0. The number of hydrogen-bond acceptors (Lipinski definition) is 4. The molecule has 1 aliphatic heterocycles. The van der Waals surface area contributed by atoms with Gasteiger partial charge in [-0.2, -0.15) is 0 Å². The number of halogens is 4. The molecule has 1 aliphatic rings. The number of nitrogens with zero attached hydrogens (tertiary/aromatic N) is 2. The smallest absolute Gasteiger partial charge is 0.313 e. The summed E-state index contributed by atoms with van der Waals surface area (Å²) in [6, 6.07) is 7.49. The first-order chi connectivity index (χ1) is 14.9. The van der Waals surface area contributed by atoms with Gasteiger partial charge in [0.2, 0.25) is 0 Å². The minimum atomic E-state index is -0.964. The Morgan fingerprint density at radius 3 is 2.62 bits per heavy atom. The Balaban J connectivity index is 1.87. The highest BCUT2D eigenvalue weighted by molar-refractivity contribution is 6.30. The fourth-order valence-corrected chi connectivity index (χ4v) is 4.56. The summed E-state index contributed by atoms with van der Waals surface area (Å²) in [5.74, 6) is -1.32. The van der Waals surface area contributed by atoms with Gasteiger partial charge in [-0.15, -0.1) is 0 Å². The van der Waals surface area contributed by atoms with Crippen molar-refractivity contribution in [2.75, 3.05) is 6.54 Å². The topological polar surface area (TPSA) is 42.4 Å². The molecule has 3 rings (SSSR count). The lowest BCUT2D eigenvalue weighted by Crippen LogP contribution is -2.51. The number of piperidine rings is 1. The lowest BCUT2D eigenvalue weighted by Gasteiger charge is -2.45. The molecule has 2 heterocycles. The van der Waals surface area contributed by atoms with Crippen LogP contribution < -0.4 is 0 Å². The van der Waals surface area contributed by atoms with Crippen LogP contribution in [0.15, 0.2) is 30.3 Å². The van der Waals surface area contributed by atoms with E-state index in [0.717, 1.165) is 0 Å². The molecule has 0 radical (unpaired) electrons. The third kappa shape index (κ3) is 5.77. The third-order valence-corrected chi connectivity index (χ3v) is 6.32. The summed E-state index contributed by atoms with van der Waals surface area (Å²) >= 11 is 11.9. The number of ether oxygens (including phenoxy) is 1. The van der Waals surface area contributed by atoms with Gasteiger partial charge in [-0.25, -0.2) is 13.8 Å². The van der Waals surface area contributed by atoms with Crippen molar-refractivity contribution in [3.8, 4) is 0 Å². The van der Waals surface area contributed by atoms with Crippen molar-refractivity contribution in [2.24, 2.45) is 5.41 Å². The van der Waals surface area contributed by atoms with Crippen LogP contribution in [0, 0.1) is 17.0 Å². The summed E-state index contributed by atoms with van der Waals surface area (Å²) in [6.45, 7) is 8.25. The molecule has 1 fully saturated rings. The maximum absolute atomic E-state index is 14.5. The van der Waals surface area contributed by atoms with E-state index in [4.69, 9.17) is 27.9 Å². The fraction of sp³-hybridized carbons (Fsp3) is 0.500. The molecule has 0 aliphatic carbocycles. The van der Waals surface area contributed by atoms with E-state index in [1.165, 1.54) is 18.2 Å². The first-order valence-corrected chi connectivity index (χ1v) is 11.4. The average Bonchev–Trinajstić information content (AvgIpc) is 2.69. The van der Waals surface area contributed by atoms with Gasteiger partial charge in [0.25, 0.3) is 0 Å². The Labute approximate surface area is 197 Å². The second-order valence-corrected chi connectivity index (χ2v) is 10.3. The quantitative estimate of drug-likeness (QED) is 0.373. The van der Waals surface area contributed by atoms with Crippen molar-refractivity contribution < 1.29 is 18.3 Å². The molecule has 0 bridgehead atoms. The first kappa shape index (κ1) is 24.9. The van der Waals surface area contributed by atoms with Gasteiger partial charge in [-0.1, -0.05) is 35.3 Å². The van der Waals surface area contributed by atoms with Gasteiger partial charge >= 0.3 is 5.97 Å². The molecule has 0 spiro atoms. The summed E-state index contributed by atoms with van der Waals surface area (Å²) in [5.41, 5.74) is -1.01. The molecule has 2 unspecified atom stereocenters. The summed E-state index contributed by atoms with van der Waals surface area (Å²) in [5, 5.41) is 0.250. The highest BCUT2D eigenvalue weighted by Gasteiger charge is 2.47. The van der Waals surface area contributed by atoms with Gasteiger partial charge in [-0.05, 0) is 65.3 Å². The minimum absolute atomic E-state index is 0.0813. The van der Waals surface area contributed by atoms with E-state index in [0.29, 0.717) is 31.5 Å². The summed E-state index contributed by atoms with van der Waals surface area (Å²) in [4.78, 5) is 19.6. The van der Waals surface area contributed by atoms with Crippen molar-refractivity contribution in [3.05, 3.63) is 63.4 Å². The van der Waals surface area contributed by atoms with Crippen LogP contribution in [0.3, 0.4) is 0 Å². The minimum Gasteiger partial charge on any atom is -0.460 e. The summed E-state index contributed by atoms with van der Waals surface area (Å²) in [6.07, 6.45) is 0.914. The summed E-state index contributed by atoms with van der Waals surface area (Å²) < 4.78 is 34.7. The van der Waals surface area contributed by atoms with Crippen molar-refractivity contribution in [1.82, 2.24) is 9.88 Å². The van der Waals surface area contributed by atoms with E-state index in [-0.39, 0.29) is 34.3 Å². The molecule has 1 saturated heterocycles. The number of benzene rings is 1. The van der Waals surface area contributed by atoms with Crippen molar-refractivity contribution in [1.29, 1.82) is 0 Å². The van der Waals surface area contributed by atoms with Gasteiger partial charge < -0.3 is 4.74 Å². The van der Waals surface area contributed by atoms with Crippen LogP contribution in [-0.2, 0) is 22.5 Å². The lowest BCUT2D eigenvalue weighted by atomic mass is 9.72. The molecule has 174 valence electrons. The Morgan fingerprint density at radius 1 is 1.25 bits per heavy atom. The zero-order valence-electron chi connectivity index (χ0n) is 18.7. The van der Waals surface area contributed by atoms with Crippen LogP contribution in [0.4, 0.5) is 8.78 Å². The number of carbonyl (C=O) groups is 1. The molecule has 32 heavy (non-hydrogen) atoms. The van der Waals surface area contributed by atoms with Crippen molar-refractivity contribution >= 4 is 29.2 Å². The molecule has 4 nitrogen and oxygen atoms in total. The van der Waals surface area contributed by atoms with Crippen LogP contribution in [-0.4, -0.2) is 34.0 Å². The molecule has 0 N–H and O–H groups in total. The largest absolute Gasteiger partial charge is 0.460 e. The average molecular weight is 485 g/mol. The number of esters is 1. The standard InChI is InChI=1S/C24H28Cl2F2N2O2/c1-15-12-24(22(31)32-23(2,3)4,13-19-18(27)8-9-20(26)29-19)10-11-30(15)14-16-6-5-7-17(25)21(16)28/h5-9,15H,10-14H2,1-4H3. The normalized spacial score (nSPS) is 22.1. The number of pyridine rings is 1. The zero-order chi connectivity index (χ0) is 23.7. The van der Waals surface area contributed by atoms with Gasteiger partial charge in [0.1, 0.15) is 22.4 Å². The lowest BCUT2D eigenvalue weighted by molar-refractivity contribution is -0.172. The monoisotopic (exact) mass is 484 g/mol. The molecule has 2 aromatic rings. The molecule has 1 aromatic heterocycles. The number of hydrogen-bond donors (Lipinski definition) is 0. The van der Waals surface area contributed by atoms with Gasteiger partial charge in [0.05, 0.1) is 16.1 Å². The van der Waals surface area contributed by atoms with Crippen LogP contribution in [0.1, 0.15) is 51.8 Å². The van der Waals surface area contributed by atoms with E-state index in [1.807, 2.05) is 6.92 Å². The second-order valence-electron chi connectivity index (χ2n) is 9.51. The number of rotatable bonds is 5. The first-order valence-electron chi connectivity index (χ1n) is 10.6. The molecule has 8 heteroatoms. The second kappa shape index (κ2) is 9.62. The molecule has 0 amide bonds. The van der Waals surface area contributed by atoms with E-state index >= 15 is 0 Å². The van der Waals surface area contributed by atoms with E-state index < -0.39 is 22.7 Å². The van der Waals surface area contributed by atoms with Crippen LogP contribution in [0.5, 0.6) is 0 Å². The Bertz CT molecular complexity index is 996. The van der Waals surface area contributed by atoms with Crippen molar-refractivity contribution in [3.63, 3.8) is 0 Å². The number of aromatic nitrogens is 1. The highest BCUT2D eigenvalue weighted by Crippen LogP contribution is 2.41. The van der Waals surface area contributed by atoms with Crippen LogP contribution in [0.2, 0.25) is 10.2 Å². The van der Waals surface area contributed by atoms with E-state index in [1.54, 1.807) is 32.9 Å². The number of likely N-dealkylation sites (tertiary alicyclic amines) is 1. The van der Waals surface area contributed by atoms with Crippen LogP contribution >= 0.6 is 23.2 Å². The molecular weight excluding hydrogens is 457 g/mol. The number of carbonyl (C=O) groups excluding carboxylic acids is 1. The SMILES string of the molecule is CC1CC(Cc2nc(Cl)ccc2F)(C(=O)OC(C)(C)C)CCN1Cc1cccc(Cl)c1F. The van der Waals surface area contributed by atoms with E-state index in [2.05, 4.69) is 9.88 Å². The molecule has 1 aromatic carbocycles. The molecule has 0 saturated carbocycles. The van der Waals surface area contributed by atoms with Crippen LogP contribution in [0.25, 0.3) is 0 Å². The Kier molecular flexibility index (Phi) is 7.48. The Morgan fingerprint density at radius 2 is 1.97 bits per heavy atom. The van der Waals surface area contributed by atoms with Gasteiger partial charge in [-0.3, -0.25) is 9.69 Å². The Hall–Kier alpha value is -1.76. The predicted molar refractivity (Wildman–Crippen MR) is 122 cm³/mol. The molecular formula is C24H28Cl2F2N2O2. The third-order valence-electron chi connectivity index (χ3n) is 5.81. The van der Waals surface area contributed by atoms with Crippen molar-refractivity contribution in [2.45, 2.75) is 65.1 Å². The maximum Gasteiger partial charge on any atom is 0.313 e. The van der Waals surface area contributed by atoms with Gasteiger partial charge in [0, 0.05) is 24.6 Å². The highest BCUT2D eigenvalue weighted by atomic mass is 35.5. The van der Waals surface area contributed by atoms with Gasteiger partial charge in [0.15, 0.2) is 0 Å². The molecule has 2 atom stereocenters. The predicted octanol–water partition coefficient (Wildman–Crippen LogP) is 6.22. The zero-order valence-corrected chi connectivity index (χ0v) is 20.2. The van der Waals surface area contributed by atoms with E-state index in [9.17, 15) is 13.6 Å².